The first-order valence-electron chi connectivity index (χ1n) is 6.68. The van der Waals surface area contributed by atoms with Crippen molar-refractivity contribution in [3.05, 3.63) is 35.9 Å². The number of nitrogens with two attached hydrogens (primary N) is 1. The number of carbonyl (C=O) groups excluding carboxylic acids is 1. The highest BCUT2D eigenvalue weighted by Crippen LogP contribution is 2.47. The minimum atomic E-state index is -0.317. The lowest BCUT2D eigenvalue weighted by atomic mass is 9.60. The maximum absolute atomic E-state index is 12.7. The van der Waals surface area contributed by atoms with E-state index in [0.29, 0.717) is 0 Å². The van der Waals surface area contributed by atoms with Crippen LogP contribution in [0.4, 0.5) is 0 Å². The molecular formula is C16H23NO. The standard InChI is InChI=1S/C16H23NO/c1-15(2)9-13(17)10-16(3,11-15)14(18)12-7-5-4-6-8-12/h4-8,13H,9-11,17H2,1-3H3. The zero-order valence-corrected chi connectivity index (χ0v) is 11.6. The molecule has 1 fully saturated rings. The normalized spacial score (nSPS) is 31.0. The van der Waals surface area contributed by atoms with Crippen molar-refractivity contribution in [1.29, 1.82) is 0 Å². The predicted molar refractivity (Wildman–Crippen MR) is 74.5 cm³/mol. The second kappa shape index (κ2) is 4.51. The monoisotopic (exact) mass is 245 g/mol. The Labute approximate surface area is 110 Å². The summed E-state index contributed by atoms with van der Waals surface area (Å²) in [6.07, 6.45) is 2.72. The van der Waals surface area contributed by atoms with Crippen LogP contribution in [-0.4, -0.2) is 11.8 Å². The van der Waals surface area contributed by atoms with E-state index in [4.69, 9.17) is 5.73 Å². The molecule has 0 aromatic heterocycles. The van der Waals surface area contributed by atoms with Gasteiger partial charge in [-0.25, -0.2) is 0 Å². The molecule has 98 valence electrons. The zero-order chi connectivity index (χ0) is 13.4. The molecule has 1 saturated carbocycles. The Hall–Kier alpha value is -1.15. The lowest BCUT2D eigenvalue weighted by Gasteiger charge is -2.44. The van der Waals surface area contributed by atoms with Crippen molar-refractivity contribution in [1.82, 2.24) is 0 Å². The van der Waals surface area contributed by atoms with Gasteiger partial charge in [-0.3, -0.25) is 4.79 Å². The van der Waals surface area contributed by atoms with Gasteiger partial charge >= 0.3 is 0 Å². The molecule has 1 aromatic carbocycles. The summed E-state index contributed by atoms with van der Waals surface area (Å²) < 4.78 is 0. The lowest BCUT2D eigenvalue weighted by molar-refractivity contribution is 0.0527. The number of rotatable bonds is 2. The van der Waals surface area contributed by atoms with Crippen LogP contribution in [0.2, 0.25) is 0 Å². The van der Waals surface area contributed by atoms with E-state index in [0.717, 1.165) is 24.8 Å². The average molecular weight is 245 g/mol. The number of hydrogen-bond acceptors (Lipinski definition) is 2. The fourth-order valence-corrected chi connectivity index (χ4v) is 3.67. The van der Waals surface area contributed by atoms with Crippen molar-refractivity contribution >= 4 is 5.78 Å². The SMILES string of the molecule is CC1(C)CC(N)CC(C)(C(=O)c2ccccc2)C1. The van der Waals surface area contributed by atoms with Gasteiger partial charge in [0.15, 0.2) is 5.78 Å². The van der Waals surface area contributed by atoms with Crippen LogP contribution in [0, 0.1) is 10.8 Å². The predicted octanol–water partition coefficient (Wildman–Crippen LogP) is 3.41. The second-order valence-electron chi connectivity index (χ2n) is 6.77. The van der Waals surface area contributed by atoms with E-state index in [-0.39, 0.29) is 22.7 Å². The molecule has 2 heteroatoms. The summed E-state index contributed by atoms with van der Waals surface area (Å²) in [5, 5.41) is 0. The second-order valence-corrected chi connectivity index (χ2v) is 6.77. The highest BCUT2D eigenvalue weighted by atomic mass is 16.1. The minimum absolute atomic E-state index is 0.131. The summed E-state index contributed by atoms with van der Waals surface area (Å²) in [6, 6.07) is 9.72. The van der Waals surface area contributed by atoms with Gasteiger partial charge in [-0.15, -0.1) is 0 Å². The molecule has 2 rings (SSSR count). The molecule has 2 nitrogen and oxygen atoms in total. The summed E-state index contributed by atoms with van der Waals surface area (Å²) in [7, 11) is 0. The fraction of sp³-hybridized carbons (Fsp3) is 0.562. The van der Waals surface area contributed by atoms with Crippen LogP contribution in [0.3, 0.4) is 0 Å². The van der Waals surface area contributed by atoms with E-state index in [1.165, 1.54) is 0 Å². The van der Waals surface area contributed by atoms with Crippen LogP contribution in [0.25, 0.3) is 0 Å². The van der Waals surface area contributed by atoms with Crippen LogP contribution >= 0.6 is 0 Å². The van der Waals surface area contributed by atoms with Crippen molar-refractivity contribution in [2.75, 3.05) is 0 Å². The van der Waals surface area contributed by atoms with E-state index in [2.05, 4.69) is 20.8 Å². The third kappa shape index (κ3) is 2.64. The number of ketones is 1. The minimum Gasteiger partial charge on any atom is -0.328 e. The molecule has 0 aliphatic heterocycles. The van der Waals surface area contributed by atoms with Crippen LogP contribution in [0.5, 0.6) is 0 Å². The Balaban J connectivity index is 2.28. The van der Waals surface area contributed by atoms with Crippen molar-refractivity contribution in [3.8, 4) is 0 Å². The molecule has 0 radical (unpaired) electrons. The highest BCUT2D eigenvalue weighted by Gasteiger charge is 2.44. The molecule has 0 heterocycles. The molecule has 2 unspecified atom stereocenters. The Morgan fingerprint density at radius 1 is 1.17 bits per heavy atom. The van der Waals surface area contributed by atoms with Gasteiger partial charge in [0.2, 0.25) is 0 Å². The van der Waals surface area contributed by atoms with Crippen molar-refractivity contribution < 1.29 is 4.79 Å². The lowest BCUT2D eigenvalue weighted by Crippen LogP contribution is -2.46. The summed E-state index contributed by atoms with van der Waals surface area (Å²) in [4.78, 5) is 12.7. The van der Waals surface area contributed by atoms with Crippen LogP contribution in [0.1, 0.15) is 50.4 Å². The van der Waals surface area contributed by atoms with E-state index < -0.39 is 0 Å². The van der Waals surface area contributed by atoms with E-state index in [9.17, 15) is 4.79 Å². The van der Waals surface area contributed by atoms with Gasteiger partial charge in [0.05, 0.1) is 0 Å². The number of Topliss-reactive ketones (excluding diaryl/α,β-unsaturated/α-hetero) is 1. The maximum atomic E-state index is 12.7. The number of carbonyl (C=O) groups is 1. The maximum Gasteiger partial charge on any atom is 0.168 e. The third-order valence-electron chi connectivity index (χ3n) is 3.98. The van der Waals surface area contributed by atoms with Gasteiger partial charge < -0.3 is 5.73 Å². The van der Waals surface area contributed by atoms with Crippen molar-refractivity contribution in [3.63, 3.8) is 0 Å². The summed E-state index contributed by atoms with van der Waals surface area (Å²) >= 11 is 0. The molecule has 0 saturated heterocycles. The van der Waals surface area contributed by atoms with Gasteiger partial charge in [-0.05, 0) is 24.7 Å². The van der Waals surface area contributed by atoms with Crippen LogP contribution in [0.15, 0.2) is 30.3 Å². The molecular weight excluding hydrogens is 222 g/mol. The van der Waals surface area contributed by atoms with Gasteiger partial charge in [0.25, 0.3) is 0 Å². The number of benzene rings is 1. The molecule has 2 N–H and O–H groups in total. The zero-order valence-electron chi connectivity index (χ0n) is 11.6. The van der Waals surface area contributed by atoms with E-state index >= 15 is 0 Å². The van der Waals surface area contributed by atoms with Gasteiger partial charge in [-0.1, -0.05) is 51.1 Å². The Morgan fingerprint density at radius 3 is 2.33 bits per heavy atom. The van der Waals surface area contributed by atoms with Gasteiger partial charge in [0, 0.05) is 17.0 Å². The largest absolute Gasteiger partial charge is 0.328 e. The molecule has 18 heavy (non-hydrogen) atoms. The summed E-state index contributed by atoms with van der Waals surface area (Å²) in [5.74, 6) is 0.242. The molecule has 0 amide bonds. The molecule has 1 aliphatic carbocycles. The molecule has 0 bridgehead atoms. The smallest absolute Gasteiger partial charge is 0.168 e. The average Bonchev–Trinajstić information content (AvgIpc) is 2.26. The first kappa shape index (κ1) is 13.3. The Morgan fingerprint density at radius 2 is 1.78 bits per heavy atom. The van der Waals surface area contributed by atoms with E-state index in [1.54, 1.807) is 0 Å². The van der Waals surface area contributed by atoms with Gasteiger partial charge in [0.1, 0.15) is 0 Å². The number of hydrogen-bond donors (Lipinski definition) is 1. The molecule has 0 spiro atoms. The van der Waals surface area contributed by atoms with Gasteiger partial charge in [-0.2, -0.15) is 0 Å². The molecule has 1 aliphatic rings. The van der Waals surface area contributed by atoms with Crippen molar-refractivity contribution in [2.45, 2.75) is 46.1 Å². The van der Waals surface area contributed by atoms with Crippen LogP contribution in [-0.2, 0) is 0 Å². The fourth-order valence-electron chi connectivity index (χ4n) is 3.67. The highest BCUT2D eigenvalue weighted by molar-refractivity contribution is 6.00. The first-order valence-corrected chi connectivity index (χ1v) is 6.68. The Bertz CT molecular complexity index is 438. The van der Waals surface area contributed by atoms with Crippen molar-refractivity contribution in [2.24, 2.45) is 16.6 Å². The summed E-state index contributed by atoms with van der Waals surface area (Å²) in [6.45, 7) is 6.49. The first-order chi connectivity index (χ1) is 8.32. The quantitative estimate of drug-likeness (QED) is 0.811. The third-order valence-corrected chi connectivity index (χ3v) is 3.98. The van der Waals surface area contributed by atoms with E-state index in [1.807, 2.05) is 30.3 Å². The molecule has 1 aromatic rings. The van der Waals surface area contributed by atoms with Crippen LogP contribution < -0.4 is 5.73 Å². The Kier molecular flexibility index (Phi) is 3.33. The summed E-state index contributed by atoms with van der Waals surface area (Å²) in [5.41, 5.74) is 6.79. The molecule has 2 atom stereocenters. The topological polar surface area (TPSA) is 43.1 Å².